The molecule has 1 atom stereocenters. The average molecular weight is 366 g/mol. The number of carbonyl (C=O) groups is 1. The molecular formula is C17H13ClFNO3S. The highest BCUT2D eigenvalue weighted by Crippen LogP contribution is 2.27. The highest BCUT2D eigenvalue weighted by molar-refractivity contribution is 7.94. The molecule has 0 spiro atoms. The van der Waals surface area contributed by atoms with Crippen molar-refractivity contribution in [2.24, 2.45) is 0 Å². The van der Waals surface area contributed by atoms with E-state index in [1.54, 1.807) is 24.3 Å². The molecule has 0 saturated heterocycles. The zero-order chi connectivity index (χ0) is 17.3. The average Bonchev–Trinajstić information content (AvgIpc) is 2.88. The van der Waals surface area contributed by atoms with E-state index in [1.165, 1.54) is 35.2 Å². The zero-order valence-electron chi connectivity index (χ0n) is 12.4. The van der Waals surface area contributed by atoms with Gasteiger partial charge in [0.25, 0.3) is 5.91 Å². The smallest absolute Gasteiger partial charge is 0.258 e. The Morgan fingerprint density at radius 3 is 2.46 bits per heavy atom. The van der Waals surface area contributed by atoms with E-state index in [4.69, 9.17) is 11.6 Å². The van der Waals surface area contributed by atoms with Crippen LogP contribution in [0.4, 0.5) is 10.1 Å². The van der Waals surface area contributed by atoms with Gasteiger partial charge in [-0.3, -0.25) is 4.79 Å². The fourth-order valence-electron chi connectivity index (χ4n) is 2.54. The molecule has 0 saturated carbocycles. The molecule has 1 aliphatic heterocycles. The summed E-state index contributed by atoms with van der Waals surface area (Å²) in [5.74, 6) is -1.08. The molecule has 4 nitrogen and oxygen atoms in total. The molecule has 2 aromatic carbocycles. The Hall–Kier alpha value is -2.18. The van der Waals surface area contributed by atoms with Crippen LogP contribution in [0.2, 0.25) is 5.02 Å². The topological polar surface area (TPSA) is 54.5 Å². The summed E-state index contributed by atoms with van der Waals surface area (Å²) in [7, 11) is -3.35. The minimum Gasteiger partial charge on any atom is -0.300 e. The van der Waals surface area contributed by atoms with Gasteiger partial charge >= 0.3 is 0 Å². The zero-order valence-corrected chi connectivity index (χ0v) is 14.0. The maximum atomic E-state index is 13.1. The molecule has 2 aromatic rings. The maximum absolute atomic E-state index is 13.1. The minimum atomic E-state index is -3.35. The molecule has 0 radical (unpaired) electrons. The van der Waals surface area contributed by atoms with Crippen LogP contribution in [0.15, 0.2) is 60.0 Å². The fraction of sp³-hybridized carbons (Fsp3) is 0.118. The number of carbonyl (C=O) groups excluding carboxylic acids is 1. The van der Waals surface area contributed by atoms with Crippen molar-refractivity contribution >= 4 is 33.0 Å². The molecular weight excluding hydrogens is 353 g/mol. The SMILES string of the molecule is O=C(c1ccc(F)cc1)N(c1cccc(Cl)c1)C1C=CS(=O)(=O)C1. The molecule has 0 aromatic heterocycles. The lowest BCUT2D eigenvalue weighted by Crippen LogP contribution is -2.41. The predicted molar refractivity (Wildman–Crippen MR) is 91.4 cm³/mol. The number of nitrogens with zero attached hydrogens (tertiary/aromatic N) is 1. The fourth-order valence-corrected chi connectivity index (χ4v) is 3.99. The third-order valence-electron chi connectivity index (χ3n) is 3.64. The molecule has 1 aliphatic rings. The van der Waals surface area contributed by atoms with Crippen molar-refractivity contribution in [2.75, 3.05) is 10.7 Å². The summed E-state index contributed by atoms with van der Waals surface area (Å²) >= 11 is 6.00. The minimum absolute atomic E-state index is 0.202. The molecule has 124 valence electrons. The second-order valence-corrected chi connectivity index (χ2v) is 7.75. The number of anilines is 1. The number of hydrogen-bond acceptors (Lipinski definition) is 3. The predicted octanol–water partition coefficient (Wildman–Crippen LogP) is 3.44. The van der Waals surface area contributed by atoms with Crippen LogP contribution < -0.4 is 4.90 Å². The third kappa shape index (κ3) is 3.49. The van der Waals surface area contributed by atoms with Gasteiger partial charge in [-0.1, -0.05) is 17.7 Å². The summed E-state index contributed by atoms with van der Waals surface area (Å²) in [4.78, 5) is 14.3. The van der Waals surface area contributed by atoms with Gasteiger partial charge in [0.2, 0.25) is 0 Å². The molecule has 1 amide bonds. The summed E-state index contributed by atoms with van der Waals surface area (Å²) in [6, 6.07) is 11.0. The van der Waals surface area contributed by atoms with E-state index < -0.39 is 27.6 Å². The Morgan fingerprint density at radius 1 is 1.17 bits per heavy atom. The number of rotatable bonds is 3. The molecule has 0 fully saturated rings. The van der Waals surface area contributed by atoms with Crippen molar-refractivity contribution in [3.05, 3.63) is 76.4 Å². The van der Waals surface area contributed by atoms with Crippen molar-refractivity contribution in [3.8, 4) is 0 Å². The third-order valence-corrected chi connectivity index (χ3v) is 5.25. The first-order valence-corrected chi connectivity index (χ1v) is 9.21. The van der Waals surface area contributed by atoms with Gasteiger partial charge < -0.3 is 4.90 Å². The van der Waals surface area contributed by atoms with E-state index in [1.807, 2.05) is 0 Å². The monoisotopic (exact) mass is 365 g/mol. The summed E-state index contributed by atoms with van der Waals surface area (Å²) in [6.45, 7) is 0. The summed E-state index contributed by atoms with van der Waals surface area (Å²) in [5.41, 5.74) is 0.734. The van der Waals surface area contributed by atoms with Crippen LogP contribution in [0.25, 0.3) is 0 Å². The second-order valence-electron chi connectivity index (χ2n) is 5.39. The van der Waals surface area contributed by atoms with Gasteiger partial charge in [0, 0.05) is 21.7 Å². The highest BCUT2D eigenvalue weighted by atomic mass is 35.5. The van der Waals surface area contributed by atoms with Crippen molar-refractivity contribution in [2.45, 2.75) is 6.04 Å². The van der Waals surface area contributed by atoms with Crippen molar-refractivity contribution in [1.29, 1.82) is 0 Å². The van der Waals surface area contributed by atoms with Crippen LogP contribution in [-0.4, -0.2) is 26.1 Å². The van der Waals surface area contributed by atoms with Gasteiger partial charge in [-0.05, 0) is 48.5 Å². The Morgan fingerprint density at radius 2 is 1.88 bits per heavy atom. The van der Waals surface area contributed by atoms with Gasteiger partial charge in [-0.25, -0.2) is 12.8 Å². The Kier molecular flexibility index (Phi) is 4.43. The quantitative estimate of drug-likeness (QED) is 0.837. The number of sulfone groups is 1. The van der Waals surface area contributed by atoms with Crippen LogP contribution >= 0.6 is 11.6 Å². The molecule has 24 heavy (non-hydrogen) atoms. The second kappa shape index (κ2) is 6.37. The molecule has 7 heteroatoms. The van der Waals surface area contributed by atoms with Crippen LogP contribution in [-0.2, 0) is 9.84 Å². The molecule has 1 unspecified atom stereocenters. The van der Waals surface area contributed by atoms with Crippen LogP contribution in [0.1, 0.15) is 10.4 Å². The normalized spacial score (nSPS) is 18.5. The standard InChI is InChI=1S/C17H13ClFNO3S/c18-13-2-1-3-15(10-13)20(16-8-9-24(22,23)11-16)17(21)12-4-6-14(19)7-5-12/h1-10,16H,11H2. The first-order valence-electron chi connectivity index (χ1n) is 7.11. The lowest BCUT2D eigenvalue weighted by atomic mass is 10.1. The van der Waals surface area contributed by atoms with Crippen LogP contribution in [0, 0.1) is 5.82 Å². The van der Waals surface area contributed by atoms with E-state index in [9.17, 15) is 17.6 Å². The Balaban J connectivity index is 2.03. The number of amides is 1. The molecule has 0 bridgehead atoms. The molecule has 1 heterocycles. The first kappa shape index (κ1) is 16.7. The lowest BCUT2D eigenvalue weighted by Gasteiger charge is -2.28. The first-order chi connectivity index (χ1) is 11.4. The lowest BCUT2D eigenvalue weighted by molar-refractivity contribution is 0.0983. The van der Waals surface area contributed by atoms with Crippen LogP contribution in [0.5, 0.6) is 0 Å². The van der Waals surface area contributed by atoms with Crippen molar-refractivity contribution in [3.63, 3.8) is 0 Å². The van der Waals surface area contributed by atoms with Gasteiger partial charge in [-0.2, -0.15) is 0 Å². The van der Waals surface area contributed by atoms with Gasteiger partial charge in [0.15, 0.2) is 9.84 Å². The molecule has 0 aliphatic carbocycles. The molecule has 0 N–H and O–H groups in total. The van der Waals surface area contributed by atoms with Crippen LogP contribution in [0.3, 0.4) is 0 Å². The van der Waals surface area contributed by atoms with E-state index in [2.05, 4.69) is 0 Å². The largest absolute Gasteiger partial charge is 0.300 e. The van der Waals surface area contributed by atoms with E-state index in [0.29, 0.717) is 10.7 Å². The van der Waals surface area contributed by atoms with E-state index >= 15 is 0 Å². The number of hydrogen-bond donors (Lipinski definition) is 0. The maximum Gasteiger partial charge on any atom is 0.258 e. The Labute approximate surface area is 144 Å². The van der Waals surface area contributed by atoms with E-state index in [0.717, 1.165) is 5.41 Å². The van der Waals surface area contributed by atoms with E-state index in [-0.39, 0.29) is 11.3 Å². The summed E-state index contributed by atoms with van der Waals surface area (Å²) < 4.78 is 36.6. The molecule has 3 rings (SSSR count). The van der Waals surface area contributed by atoms with Gasteiger partial charge in [-0.15, -0.1) is 0 Å². The summed E-state index contributed by atoms with van der Waals surface area (Å²) in [5, 5.41) is 1.53. The van der Waals surface area contributed by atoms with Gasteiger partial charge in [0.05, 0.1) is 11.8 Å². The Bertz CT molecular complexity index is 910. The summed E-state index contributed by atoms with van der Waals surface area (Å²) in [6.07, 6.45) is 1.47. The number of halogens is 2. The van der Waals surface area contributed by atoms with Crippen molar-refractivity contribution in [1.82, 2.24) is 0 Å². The number of benzene rings is 2. The highest BCUT2D eigenvalue weighted by Gasteiger charge is 2.32. The van der Waals surface area contributed by atoms with Gasteiger partial charge in [0.1, 0.15) is 5.82 Å². The van der Waals surface area contributed by atoms with Crippen molar-refractivity contribution < 1.29 is 17.6 Å².